The van der Waals surface area contributed by atoms with Crippen molar-refractivity contribution < 1.29 is 0 Å². The maximum atomic E-state index is 4.28. The highest BCUT2D eigenvalue weighted by molar-refractivity contribution is 14.0. The number of aliphatic imine (C=N–C) groups is 1. The molecule has 0 bridgehead atoms. The molecule has 0 radical (unpaired) electrons. The van der Waals surface area contributed by atoms with Crippen molar-refractivity contribution in [1.29, 1.82) is 0 Å². The first-order valence-corrected chi connectivity index (χ1v) is 7.97. The molecule has 1 aromatic heterocycles. The average Bonchev–Trinajstić information content (AvgIpc) is 2.85. The summed E-state index contributed by atoms with van der Waals surface area (Å²) in [7, 11) is 1.82. The Kier molecular flexibility index (Phi) is 11.3. The van der Waals surface area contributed by atoms with Gasteiger partial charge in [0.1, 0.15) is 0 Å². The van der Waals surface area contributed by atoms with Crippen LogP contribution in [-0.2, 0) is 6.54 Å². The highest BCUT2D eigenvalue weighted by atomic mass is 127. The second kappa shape index (κ2) is 11.7. The van der Waals surface area contributed by atoms with Gasteiger partial charge >= 0.3 is 0 Å². The van der Waals surface area contributed by atoms with Gasteiger partial charge in [-0.3, -0.25) is 9.67 Å². The second-order valence-electron chi connectivity index (χ2n) is 6.15. The Balaban J connectivity index is 0.00000441. The Morgan fingerprint density at radius 2 is 2.05 bits per heavy atom. The van der Waals surface area contributed by atoms with E-state index in [9.17, 15) is 0 Å². The van der Waals surface area contributed by atoms with Crippen molar-refractivity contribution >= 4 is 29.9 Å². The van der Waals surface area contributed by atoms with Gasteiger partial charge in [0, 0.05) is 32.4 Å². The number of nitrogens with one attached hydrogen (secondary N) is 2. The van der Waals surface area contributed by atoms with Crippen molar-refractivity contribution in [2.75, 3.05) is 13.6 Å². The minimum Gasteiger partial charge on any atom is -0.356 e. The molecule has 2 N–H and O–H groups in total. The molecule has 0 aliphatic rings. The average molecular weight is 421 g/mol. The third-order valence-electron chi connectivity index (χ3n) is 3.40. The lowest BCUT2D eigenvalue weighted by molar-refractivity contribution is 0.488. The van der Waals surface area contributed by atoms with Crippen LogP contribution in [0.25, 0.3) is 0 Å². The molecular weight excluding hydrogens is 389 g/mol. The fourth-order valence-corrected chi connectivity index (χ4v) is 2.12. The van der Waals surface area contributed by atoms with Crippen LogP contribution in [0.15, 0.2) is 17.4 Å². The predicted octanol–water partition coefficient (Wildman–Crippen LogP) is 3.19. The van der Waals surface area contributed by atoms with Crippen LogP contribution in [0.2, 0.25) is 0 Å². The molecule has 0 fully saturated rings. The first kappa shape index (κ1) is 21.2. The lowest BCUT2D eigenvalue weighted by Crippen LogP contribution is -2.42. The van der Waals surface area contributed by atoms with E-state index in [4.69, 9.17) is 0 Å². The number of nitrogens with zero attached hydrogens (tertiary/aromatic N) is 3. The monoisotopic (exact) mass is 421 g/mol. The summed E-state index contributed by atoms with van der Waals surface area (Å²) in [5.41, 5.74) is 1.21. The van der Waals surface area contributed by atoms with Crippen molar-refractivity contribution in [1.82, 2.24) is 20.4 Å². The van der Waals surface area contributed by atoms with Gasteiger partial charge in [0.05, 0.1) is 6.20 Å². The molecule has 0 spiro atoms. The highest BCUT2D eigenvalue weighted by Gasteiger charge is 2.06. The van der Waals surface area contributed by atoms with Crippen molar-refractivity contribution in [2.45, 2.75) is 59.5 Å². The van der Waals surface area contributed by atoms with Crippen molar-refractivity contribution in [3.63, 3.8) is 0 Å². The minimum atomic E-state index is 0. The minimum absolute atomic E-state index is 0. The van der Waals surface area contributed by atoms with Crippen LogP contribution < -0.4 is 10.6 Å². The summed E-state index contributed by atoms with van der Waals surface area (Å²) < 4.78 is 1.98. The number of aromatic nitrogens is 2. The van der Waals surface area contributed by atoms with Crippen LogP contribution in [0.3, 0.4) is 0 Å². The maximum absolute atomic E-state index is 4.28. The maximum Gasteiger partial charge on any atom is 0.191 e. The van der Waals surface area contributed by atoms with Gasteiger partial charge in [-0.15, -0.1) is 24.0 Å². The Bertz CT molecular complexity index is 428. The molecule has 0 saturated heterocycles. The van der Waals surface area contributed by atoms with Gasteiger partial charge in [-0.2, -0.15) is 5.10 Å². The van der Waals surface area contributed by atoms with E-state index in [1.54, 1.807) is 0 Å². The molecule has 22 heavy (non-hydrogen) atoms. The summed E-state index contributed by atoms with van der Waals surface area (Å²) >= 11 is 0. The Labute approximate surface area is 152 Å². The van der Waals surface area contributed by atoms with Crippen molar-refractivity contribution in [3.05, 3.63) is 18.0 Å². The standard InChI is InChI=1S/C16H31N5.HI/c1-13(2)7-8-15(4)20-16(17-5)18-9-6-10-21-12-14(3)11-19-21;/h11-13,15H,6-10H2,1-5H3,(H2,17,18,20);1H. The SMILES string of the molecule is CN=C(NCCCn1cc(C)cn1)NC(C)CCC(C)C.I. The molecule has 1 unspecified atom stereocenters. The molecule has 0 aromatic carbocycles. The van der Waals surface area contributed by atoms with Gasteiger partial charge in [-0.1, -0.05) is 13.8 Å². The molecule has 1 atom stereocenters. The van der Waals surface area contributed by atoms with E-state index in [-0.39, 0.29) is 24.0 Å². The number of hydrogen-bond acceptors (Lipinski definition) is 2. The van der Waals surface area contributed by atoms with Crippen molar-refractivity contribution in [2.24, 2.45) is 10.9 Å². The van der Waals surface area contributed by atoms with E-state index in [0.29, 0.717) is 6.04 Å². The molecule has 0 aliphatic heterocycles. The molecule has 0 aliphatic carbocycles. The van der Waals surface area contributed by atoms with Gasteiger partial charge in [0.15, 0.2) is 5.96 Å². The van der Waals surface area contributed by atoms with E-state index >= 15 is 0 Å². The zero-order valence-corrected chi connectivity index (χ0v) is 16.9. The fraction of sp³-hybridized carbons (Fsp3) is 0.750. The molecule has 1 rings (SSSR count). The van der Waals surface area contributed by atoms with Gasteiger partial charge in [0.25, 0.3) is 0 Å². The van der Waals surface area contributed by atoms with Crippen LogP contribution >= 0.6 is 24.0 Å². The molecule has 0 saturated carbocycles. The number of halogens is 1. The summed E-state index contributed by atoms with van der Waals surface area (Å²) in [6.45, 7) is 10.6. The van der Waals surface area contributed by atoms with Gasteiger partial charge in [0.2, 0.25) is 0 Å². The third-order valence-corrected chi connectivity index (χ3v) is 3.40. The summed E-state index contributed by atoms with van der Waals surface area (Å²) in [6.07, 6.45) is 7.41. The molecule has 5 nitrogen and oxygen atoms in total. The first-order valence-electron chi connectivity index (χ1n) is 7.97. The summed E-state index contributed by atoms with van der Waals surface area (Å²) in [6, 6.07) is 0.451. The topological polar surface area (TPSA) is 54.2 Å². The highest BCUT2D eigenvalue weighted by Crippen LogP contribution is 2.06. The molecule has 128 valence electrons. The predicted molar refractivity (Wildman–Crippen MR) is 105 cm³/mol. The number of guanidine groups is 1. The molecule has 1 aromatic rings. The number of rotatable bonds is 8. The Morgan fingerprint density at radius 3 is 2.59 bits per heavy atom. The molecular formula is C16H32IN5. The van der Waals surface area contributed by atoms with Crippen LogP contribution in [0.1, 0.15) is 45.6 Å². The number of aryl methyl sites for hydroxylation is 2. The van der Waals surface area contributed by atoms with E-state index in [1.807, 2.05) is 17.9 Å². The molecule has 0 amide bonds. The molecule has 1 heterocycles. The Hall–Kier alpha value is -0.790. The van der Waals surface area contributed by atoms with Crippen molar-refractivity contribution in [3.8, 4) is 0 Å². The van der Waals surface area contributed by atoms with Crippen LogP contribution in [0, 0.1) is 12.8 Å². The fourth-order valence-electron chi connectivity index (χ4n) is 2.12. The van der Waals surface area contributed by atoms with E-state index in [2.05, 4.69) is 54.6 Å². The zero-order valence-electron chi connectivity index (χ0n) is 14.6. The molecule has 6 heteroatoms. The van der Waals surface area contributed by atoms with E-state index in [1.165, 1.54) is 18.4 Å². The third kappa shape index (κ3) is 9.27. The van der Waals surface area contributed by atoms with Crippen LogP contribution in [0.5, 0.6) is 0 Å². The lowest BCUT2D eigenvalue weighted by Gasteiger charge is -2.18. The second-order valence-corrected chi connectivity index (χ2v) is 6.15. The number of hydrogen-bond donors (Lipinski definition) is 2. The van der Waals surface area contributed by atoms with Gasteiger partial charge in [-0.05, 0) is 44.6 Å². The Morgan fingerprint density at radius 1 is 1.32 bits per heavy atom. The van der Waals surface area contributed by atoms with E-state index < -0.39 is 0 Å². The quantitative estimate of drug-likeness (QED) is 0.294. The summed E-state index contributed by atoms with van der Waals surface area (Å²) in [4.78, 5) is 4.28. The normalized spacial score (nSPS) is 12.9. The smallest absolute Gasteiger partial charge is 0.191 e. The van der Waals surface area contributed by atoms with E-state index in [0.717, 1.165) is 31.4 Å². The van der Waals surface area contributed by atoms with Crippen LogP contribution in [-0.4, -0.2) is 35.4 Å². The van der Waals surface area contributed by atoms with Crippen LogP contribution in [0.4, 0.5) is 0 Å². The first-order chi connectivity index (χ1) is 10.0. The largest absolute Gasteiger partial charge is 0.356 e. The summed E-state index contributed by atoms with van der Waals surface area (Å²) in [5.74, 6) is 1.64. The zero-order chi connectivity index (χ0) is 15.7. The lowest BCUT2D eigenvalue weighted by atomic mass is 10.0. The van der Waals surface area contributed by atoms with Gasteiger partial charge in [-0.25, -0.2) is 0 Å². The van der Waals surface area contributed by atoms with Gasteiger partial charge < -0.3 is 10.6 Å². The summed E-state index contributed by atoms with van der Waals surface area (Å²) in [5, 5.41) is 11.1.